The Morgan fingerprint density at radius 1 is 1.47 bits per heavy atom. The molecule has 19 heavy (non-hydrogen) atoms. The lowest BCUT2D eigenvalue weighted by molar-refractivity contribution is 0.106. The lowest BCUT2D eigenvalue weighted by Gasteiger charge is -2.40. The molecule has 0 aromatic carbocycles. The zero-order valence-electron chi connectivity index (χ0n) is 12.1. The predicted octanol–water partition coefficient (Wildman–Crippen LogP) is 3.59. The zero-order valence-corrected chi connectivity index (χ0v) is 13.0. The van der Waals surface area contributed by atoms with Crippen molar-refractivity contribution in [2.45, 2.75) is 52.2 Å². The summed E-state index contributed by atoms with van der Waals surface area (Å²) in [6, 6.07) is 2.58. The Hall–Kier alpha value is -0.380. The molecule has 2 fully saturated rings. The van der Waals surface area contributed by atoms with Crippen LogP contribution in [0, 0.1) is 16.7 Å². The van der Waals surface area contributed by atoms with Gasteiger partial charge in [-0.15, -0.1) is 0 Å². The molecule has 4 unspecified atom stereocenters. The summed E-state index contributed by atoms with van der Waals surface area (Å²) >= 11 is 1.65. The molecule has 2 N–H and O–H groups in total. The van der Waals surface area contributed by atoms with Crippen molar-refractivity contribution < 1.29 is 5.11 Å². The van der Waals surface area contributed by atoms with Gasteiger partial charge in [0.1, 0.15) is 0 Å². The topological polar surface area (TPSA) is 32.3 Å². The summed E-state index contributed by atoms with van der Waals surface area (Å²) < 4.78 is 0. The number of aliphatic hydroxyl groups excluding tert-OH is 1. The summed E-state index contributed by atoms with van der Waals surface area (Å²) in [7, 11) is 0. The molecule has 1 aromatic heterocycles. The number of rotatable bonds is 4. The Bertz CT molecular complexity index is 442. The first-order valence-electron chi connectivity index (χ1n) is 7.39. The number of hydrogen-bond donors (Lipinski definition) is 2. The number of hydrogen-bond acceptors (Lipinski definition) is 3. The normalized spacial score (nSPS) is 37.7. The van der Waals surface area contributed by atoms with E-state index in [1.165, 1.54) is 19.3 Å². The highest BCUT2D eigenvalue weighted by atomic mass is 32.1. The van der Waals surface area contributed by atoms with Crippen molar-refractivity contribution in [1.82, 2.24) is 5.32 Å². The molecule has 3 heteroatoms. The molecule has 0 aliphatic heterocycles. The maximum absolute atomic E-state index is 10.2. The third-order valence-corrected chi connectivity index (χ3v) is 6.98. The second kappa shape index (κ2) is 4.57. The lowest BCUT2D eigenvalue weighted by Crippen LogP contribution is -2.45. The van der Waals surface area contributed by atoms with Crippen LogP contribution < -0.4 is 5.32 Å². The standard InChI is InChI=1S/C16H25NOS/c1-15(2)12-4-6-16(15,3)14(8-12)17-9-13(18)11-5-7-19-10-11/h5,7,10,12-14,17-18H,4,6,8-9H2,1-3H3. The summed E-state index contributed by atoms with van der Waals surface area (Å²) in [6.07, 6.45) is 3.63. The highest BCUT2D eigenvalue weighted by Crippen LogP contribution is 2.65. The van der Waals surface area contributed by atoms with Crippen molar-refractivity contribution in [2.75, 3.05) is 6.54 Å². The van der Waals surface area contributed by atoms with E-state index in [0.29, 0.717) is 23.4 Å². The van der Waals surface area contributed by atoms with Crippen molar-refractivity contribution in [2.24, 2.45) is 16.7 Å². The largest absolute Gasteiger partial charge is 0.387 e. The molecule has 0 spiro atoms. The fraction of sp³-hybridized carbons (Fsp3) is 0.750. The SMILES string of the molecule is CC1(C)C2CCC1(C)C(NCC(O)c1ccsc1)C2. The van der Waals surface area contributed by atoms with E-state index in [1.54, 1.807) is 11.3 Å². The highest BCUT2D eigenvalue weighted by Gasteiger charge is 2.60. The van der Waals surface area contributed by atoms with Gasteiger partial charge in [0.2, 0.25) is 0 Å². The molecule has 2 saturated carbocycles. The van der Waals surface area contributed by atoms with Crippen molar-refractivity contribution in [1.29, 1.82) is 0 Å². The van der Waals surface area contributed by atoms with E-state index >= 15 is 0 Å². The molecule has 2 aliphatic rings. The van der Waals surface area contributed by atoms with Gasteiger partial charge < -0.3 is 10.4 Å². The maximum atomic E-state index is 10.2. The molecule has 2 nitrogen and oxygen atoms in total. The van der Waals surface area contributed by atoms with E-state index in [-0.39, 0.29) is 6.10 Å². The van der Waals surface area contributed by atoms with Crippen molar-refractivity contribution in [3.8, 4) is 0 Å². The fourth-order valence-corrected chi connectivity index (χ4v) is 5.06. The van der Waals surface area contributed by atoms with Gasteiger partial charge in [-0.1, -0.05) is 20.8 Å². The van der Waals surface area contributed by atoms with Crippen LogP contribution in [0.3, 0.4) is 0 Å². The van der Waals surface area contributed by atoms with Gasteiger partial charge in [-0.3, -0.25) is 0 Å². The number of thiophene rings is 1. The Kier molecular flexibility index (Phi) is 3.27. The third-order valence-electron chi connectivity index (χ3n) is 6.28. The van der Waals surface area contributed by atoms with Crippen LogP contribution in [0.5, 0.6) is 0 Å². The van der Waals surface area contributed by atoms with Gasteiger partial charge >= 0.3 is 0 Å². The quantitative estimate of drug-likeness (QED) is 0.883. The third kappa shape index (κ3) is 1.98. The van der Waals surface area contributed by atoms with Gasteiger partial charge in [0.15, 0.2) is 0 Å². The van der Waals surface area contributed by atoms with Crippen LogP contribution in [0.25, 0.3) is 0 Å². The van der Waals surface area contributed by atoms with Gasteiger partial charge in [0.25, 0.3) is 0 Å². The number of aliphatic hydroxyl groups is 1. The minimum absolute atomic E-state index is 0.364. The highest BCUT2D eigenvalue weighted by molar-refractivity contribution is 7.07. The first-order valence-corrected chi connectivity index (χ1v) is 8.33. The summed E-state index contributed by atoms with van der Waals surface area (Å²) in [5.74, 6) is 0.855. The second-order valence-corrected chi connectivity index (χ2v) is 7.92. The van der Waals surface area contributed by atoms with Crippen LogP contribution in [0.15, 0.2) is 16.8 Å². The smallest absolute Gasteiger partial charge is 0.0922 e. The first kappa shape index (κ1) is 13.6. The molecule has 0 saturated heterocycles. The van der Waals surface area contributed by atoms with Crippen LogP contribution in [0.1, 0.15) is 51.7 Å². The molecular formula is C16H25NOS. The van der Waals surface area contributed by atoms with Crippen molar-refractivity contribution in [3.05, 3.63) is 22.4 Å². The van der Waals surface area contributed by atoms with Gasteiger partial charge in [0, 0.05) is 12.6 Å². The van der Waals surface area contributed by atoms with E-state index in [2.05, 4.69) is 26.1 Å². The summed E-state index contributed by atoms with van der Waals surface area (Å²) in [6.45, 7) is 7.98. The molecule has 0 radical (unpaired) electrons. The zero-order chi connectivity index (χ0) is 13.7. The monoisotopic (exact) mass is 279 g/mol. The molecule has 2 aliphatic carbocycles. The molecule has 2 bridgehead atoms. The fourth-order valence-electron chi connectivity index (χ4n) is 4.35. The molecular weight excluding hydrogens is 254 g/mol. The average Bonchev–Trinajstić information content (AvgIpc) is 3.01. The van der Waals surface area contributed by atoms with Crippen molar-refractivity contribution >= 4 is 11.3 Å². The van der Waals surface area contributed by atoms with E-state index in [4.69, 9.17) is 0 Å². The Balaban J connectivity index is 1.63. The molecule has 0 amide bonds. The number of nitrogens with one attached hydrogen (secondary N) is 1. The van der Waals surface area contributed by atoms with Gasteiger partial charge in [0.05, 0.1) is 6.10 Å². The van der Waals surface area contributed by atoms with Crippen LogP contribution in [-0.4, -0.2) is 17.7 Å². The Labute approximate surface area is 120 Å². The number of fused-ring (bicyclic) bond motifs is 2. The Morgan fingerprint density at radius 2 is 2.26 bits per heavy atom. The van der Waals surface area contributed by atoms with E-state index in [9.17, 15) is 5.11 Å². The average molecular weight is 279 g/mol. The van der Waals surface area contributed by atoms with Gasteiger partial charge in [-0.2, -0.15) is 11.3 Å². The first-order chi connectivity index (χ1) is 8.95. The minimum Gasteiger partial charge on any atom is -0.387 e. The van der Waals surface area contributed by atoms with Gasteiger partial charge in [-0.25, -0.2) is 0 Å². The van der Waals surface area contributed by atoms with E-state index in [0.717, 1.165) is 11.5 Å². The van der Waals surface area contributed by atoms with Crippen LogP contribution >= 0.6 is 11.3 Å². The minimum atomic E-state index is -0.364. The van der Waals surface area contributed by atoms with Crippen LogP contribution in [-0.2, 0) is 0 Å². The summed E-state index contributed by atoms with van der Waals surface area (Å²) in [5.41, 5.74) is 1.88. The second-order valence-electron chi connectivity index (χ2n) is 7.14. The summed E-state index contributed by atoms with van der Waals surface area (Å²) in [5, 5.41) is 17.9. The summed E-state index contributed by atoms with van der Waals surface area (Å²) in [4.78, 5) is 0. The van der Waals surface area contributed by atoms with E-state index in [1.807, 2.05) is 16.8 Å². The maximum Gasteiger partial charge on any atom is 0.0922 e. The van der Waals surface area contributed by atoms with Crippen molar-refractivity contribution in [3.63, 3.8) is 0 Å². The molecule has 1 aromatic rings. The molecule has 4 atom stereocenters. The van der Waals surface area contributed by atoms with Crippen LogP contribution in [0.2, 0.25) is 0 Å². The molecule has 106 valence electrons. The van der Waals surface area contributed by atoms with E-state index < -0.39 is 0 Å². The lowest BCUT2D eigenvalue weighted by atomic mass is 9.69. The predicted molar refractivity (Wildman–Crippen MR) is 80.3 cm³/mol. The molecule has 1 heterocycles. The molecule has 3 rings (SSSR count). The Morgan fingerprint density at radius 3 is 2.79 bits per heavy atom. The van der Waals surface area contributed by atoms with Crippen LogP contribution in [0.4, 0.5) is 0 Å². The van der Waals surface area contributed by atoms with Gasteiger partial charge in [-0.05, 0) is 58.4 Å².